The Kier molecular flexibility index (Phi) is 5.76. The maximum atomic E-state index is 12.5. The minimum Gasteiger partial charge on any atom is -0.372 e. The minimum atomic E-state index is -3.87. The zero-order valence-corrected chi connectivity index (χ0v) is 17.5. The van der Waals surface area contributed by atoms with Crippen LogP contribution in [-0.4, -0.2) is 44.2 Å². The maximum Gasteiger partial charge on any atom is 0.269 e. The number of fused-ring (bicyclic) bond motifs is 1. The predicted molar refractivity (Wildman–Crippen MR) is 114 cm³/mol. The molecule has 0 radical (unpaired) electrons. The van der Waals surface area contributed by atoms with Gasteiger partial charge in [0.15, 0.2) is 0 Å². The lowest BCUT2D eigenvalue weighted by Gasteiger charge is -2.28. The van der Waals surface area contributed by atoms with Crippen LogP contribution < -0.4 is 10.2 Å². The highest BCUT2D eigenvalue weighted by molar-refractivity contribution is 7.90. The summed E-state index contributed by atoms with van der Waals surface area (Å²) in [5, 5.41) is 2.80. The lowest BCUT2D eigenvalue weighted by molar-refractivity contribution is -0.121. The molecule has 7 nitrogen and oxygen atoms in total. The molecule has 8 heteroatoms. The van der Waals surface area contributed by atoms with Crippen LogP contribution in [0.25, 0.3) is 0 Å². The summed E-state index contributed by atoms with van der Waals surface area (Å²) in [5.74, 6) is -0.874. The average molecular weight is 428 g/mol. The highest BCUT2D eigenvalue weighted by atomic mass is 32.2. The van der Waals surface area contributed by atoms with Gasteiger partial charge in [-0.2, -0.15) is 0 Å². The van der Waals surface area contributed by atoms with Crippen molar-refractivity contribution in [1.29, 1.82) is 0 Å². The van der Waals surface area contributed by atoms with Gasteiger partial charge in [0.05, 0.1) is 5.56 Å². The van der Waals surface area contributed by atoms with E-state index in [9.17, 15) is 18.0 Å². The van der Waals surface area contributed by atoms with E-state index in [4.69, 9.17) is 0 Å². The molecule has 2 amide bonds. The van der Waals surface area contributed by atoms with Crippen molar-refractivity contribution in [2.24, 2.45) is 0 Å². The largest absolute Gasteiger partial charge is 0.372 e. The zero-order chi connectivity index (χ0) is 21.1. The van der Waals surface area contributed by atoms with Gasteiger partial charge in [-0.05, 0) is 49.1 Å². The lowest BCUT2D eigenvalue weighted by Crippen LogP contribution is -2.34. The Morgan fingerprint density at radius 3 is 2.37 bits per heavy atom. The van der Waals surface area contributed by atoms with Crippen LogP contribution in [0.3, 0.4) is 0 Å². The molecule has 2 aromatic rings. The standard InChI is InChI=1S/C22H25N3O4S/c26-21(12-15-25-22(27)19-6-2-3-7-20(19)30(25,28)29)23-16-17-8-10-18(11-9-17)24-13-4-1-5-14-24/h2-3,6-11H,1,4-5,12-16H2,(H,23,26). The van der Waals surface area contributed by atoms with Crippen LogP contribution in [0.4, 0.5) is 5.69 Å². The van der Waals surface area contributed by atoms with Crippen molar-refractivity contribution in [3.8, 4) is 0 Å². The predicted octanol–water partition coefficient (Wildman–Crippen LogP) is 2.53. The summed E-state index contributed by atoms with van der Waals surface area (Å²) in [6.45, 7) is 2.35. The summed E-state index contributed by atoms with van der Waals surface area (Å²) in [5.41, 5.74) is 2.33. The van der Waals surface area contributed by atoms with Crippen LogP contribution in [0.1, 0.15) is 41.6 Å². The number of rotatable bonds is 6. The van der Waals surface area contributed by atoms with Crippen molar-refractivity contribution >= 4 is 27.5 Å². The topological polar surface area (TPSA) is 86.8 Å². The van der Waals surface area contributed by atoms with Crippen molar-refractivity contribution in [1.82, 2.24) is 9.62 Å². The molecule has 0 unspecified atom stereocenters. The van der Waals surface area contributed by atoms with E-state index in [0.29, 0.717) is 6.54 Å². The number of benzene rings is 2. The van der Waals surface area contributed by atoms with E-state index in [1.54, 1.807) is 12.1 Å². The Balaban J connectivity index is 1.29. The summed E-state index contributed by atoms with van der Waals surface area (Å²) in [6.07, 6.45) is 3.65. The van der Waals surface area contributed by atoms with Gasteiger partial charge in [-0.25, -0.2) is 12.7 Å². The Morgan fingerprint density at radius 1 is 0.967 bits per heavy atom. The molecule has 4 rings (SSSR count). The second kappa shape index (κ2) is 8.47. The molecule has 2 aliphatic rings. The number of piperidine rings is 1. The molecule has 0 bridgehead atoms. The quantitative estimate of drug-likeness (QED) is 0.766. The number of carbonyl (C=O) groups is 2. The van der Waals surface area contributed by atoms with E-state index in [-0.39, 0.29) is 29.3 Å². The molecule has 0 saturated carbocycles. The third kappa shape index (κ3) is 4.05. The summed E-state index contributed by atoms with van der Waals surface area (Å²) >= 11 is 0. The lowest BCUT2D eigenvalue weighted by atomic mass is 10.1. The Morgan fingerprint density at radius 2 is 1.67 bits per heavy atom. The van der Waals surface area contributed by atoms with Gasteiger partial charge in [-0.1, -0.05) is 24.3 Å². The third-order valence-electron chi connectivity index (χ3n) is 5.60. The number of carbonyl (C=O) groups excluding carboxylic acids is 2. The normalized spacial score (nSPS) is 17.7. The van der Waals surface area contributed by atoms with E-state index in [0.717, 1.165) is 23.0 Å². The maximum absolute atomic E-state index is 12.5. The molecule has 0 spiro atoms. The molecule has 30 heavy (non-hydrogen) atoms. The van der Waals surface area contributed by atoms with Gasteiger partial charge in [-0.15, -0.1) is 0 Å². The van der Waals surface area contributed by atoms with Gasteiger partial charge in [0.1, 0.15) is 4.90 Å². The summed E-state index contributed by atoms with van der Waals surface area (Å²) in [6, 6.07) is 14.2. The second-order valence-corrected chi connectivity index (χ2v) is 9.45. The van der Waals surface area contributed by atoms with Crippen molar-refractivity contribution < 1.29 is 18.0 Å². The first-order valence-electron chi connectivity index (χ1n) is 10.2. The van der Waals surface area contributed by atoms with Gasteiger partial charge in [0.2, 0.25) is 5.91 Å². The van der Waals surface area contributed by atoms with E-state index in [2.05, 4.69) is 22.3 Å². The molecule has 2 heterocycles. The van der Waals surface area contributed by atoms with Gasteiger partial charge in [-0.3, -0.25) is 9.59 Å². The number of amides is 2. The highest BCUT2D eigenvalue weighted by Crippen LogP contribution is 2.29. The SMILES string of the molecule is O=C(CCN1C(=O)c2ccccc2S1(=O)=O)NCc1ccc(N2CCCCC2)cc1. The number of nitrogens with zero attached hydrogens (tertiary/aromatic N) is 2. The number of anilines is 1. The number of hydrogen-bond acceptors (Lipinski definition) is 5. The molecular formula is C22H25N3O4S. The van der Waals surface area contributed by atoms with Gasteiger partial charge >= 0.3 is 0 Å². The molecule has 158 valence electrons. The molecule has 0 aliphatic carbocycles. The fraction of sp³-hybridized carbons (Fsp3) is 0.364. The first-order valence-corrected chi connectivity index (χ1v) is 11.7. The number of nitrogens with one attached hydrogen (secondary N) is 1. The minimum absolute atomic E-state index is 0.00389. The second-order valence-electron chi connectivity index (χ2n) is 7.62. The fourth-order valence-electron chi connectivity index (χ4n) is 3.92. The van der Waals surface area contributed by atoms with Crippen molar-refractivity contribution in [3.63, 3.8) is 0 Å². The molecule has 0 atom stereocenters. The van der Waals surface area contributed by atoms with Crippen molar-refractivity contribution in [2.75, 3.05) is 24.5 Å². The average Bonchev–Trinajstić information content (AvgIpc) is 2.97. The van der Waals surface area contributed by atoms with Crippen LogP contribution >= 0.6 is 0 Å². The fourth-order valence-corrected chi connectivity index (χ4v) is 5.49. The number of sulfonamides is 1. The molecule has 2 aromatic carbocycles. The molecular weight excluding hydrogens is 402 g/mol. The molecule has 0 aromatic heterocycles. The van der Waals surface area contributed by atoms with E-state index in [1.807, 2.05) is 12.1 Å². The van der Waals surface area contributed by atoms with Crippen molar-refractivity contribution in [2.45, 2.75) is 37.1 Å². The monoisotopic (exact) mass is 427 g/mol. The van der Waals surface area contributed by atoms with Crippen LogP contribution in [0.5, 0.6) is 0 Å². The van der Waals surface area contributed by atoms with Crippen LogP contribution in [0.15, 0.2) is 53.4 Å². The smallest absolute Gasteiger partial charge is 0.269 e. The van der Waals surface area contributed by atoms with E-state index in [1.165, 1.54) is 37.1 Å². The first-order chi connectivity index (χ1) is 14.5. The van der Waals surface area contributed by atoms with Gasteiger partial charge in [0.25, 0.3) is 15.9 Å². The molecule has 1 fully saturated rings. The molecule has 2 aliphatic heterocycles. The van der Waals surface area contributed by atoms with Crippen LogP contribution in [-0.2, 0) is 21.4 Å². The summed E-state index contributed by atoms with van der Waals surface area (Å²) in [7, 11) is -3.87. The summed E-state index contributed by atoms with van der Waals surface area (Å²) in [4.78, 5) is 27.0. The van der Waals surface area contributed by atoms with Crippen LogP contribution in [0, 0.1) is 0 Å². The van der Waals surface area contributed by atoms with Gasteiger partial charge in [0, 0.05) is 38.3 Å². The third-order valence-corrected chi connectivity index (χ3v) is 7.44. The number of hydrogen-bond donors (Lipinski definition) is 1. The molecule has 1 saturated heterocycles. The Labute approximate surface area is 176 Å². The zero-order valence-electron chi connectivity index (χ0n) is 16.7. The van der Waals surface area contributed by atoms with Gasteiger partial charge < -0.3 is 10.2 Å². The summed E-state index contributed by atoms with van der Waals surface area (Å²) < 4.78 is 25.8. The Hall–Kier alpha value is -2.87. The highest BCUT2D eigenvalue weighted by Gasteiger charge is 2.40. The van der Waals surface area contributed by atoms with E-state index >= 15 is 0 Å². The molecule has 1 N–H and O–H groups in total. The Bertz CT molecular complexity index is 1040. The van der Waals surface area contributed by atoms with Crippen LogP contribution in [0.2, 0.25) is 0 Å². The van der Waals surface area contributed by atoms with E-state index < -0.39 is 15.9 Å². The van der Waals surface area contributed by atoms with Crippen molar-refractivity contribution in [3.05, 3.63) is 59.7 Å². The first kappa shape index (κ1) is 20.4.